The molecule has 5 aromatic rings. The smallest absolute Gasteiger partial charge is 0.423 e. The highest BCUT2D eigenvalue weighted by atomic mass is 16.4. The standard InChI is InChI=1S/C32H25BO2/c1-22-14-16-23(17-15-22)32(24-18-20-25(21-19-24)33(34)35)30-12-6-4-10-28(30)26-8-2-3-9-27(26)29-11-5-7-13-31(29)32/h2-21,34-35H,1H3. The molecule has 1 aliphatic carbocycles. The molecule has 0 aromatic heterocycles. The lowest BCUT2D eigenvalue weighted by atomic mass is 9.63. The van der Waals surface area contributed by atoms with E-state index in [1.165, 1.54) is 44.5 Å². The van der Waals surface area contributed by atoms with Crippen molar-refractivity contribution in [1.82, 2.24) is 0 Å². The van der Waals surface area contributed by atoms with Crippen molar-refractivity contribution in [3.05, 3.63) is 149 Å². The van der Waals surface area contributed by atoms with Crippen LogP contribution in [-0.4, -0.2) is 17.2 Å². The van der Waals surface area contributed by atoms with Crippen LogP contribution in [0.2, 0.25) is 0 Å². The lowest BCUT2D eigenvalue weighted by Crippen LogP contribution is -2.34. The quantitative estimate of drug-likeness (QED) is 0.338. The second kappa shape index (κ2) is 8.39. The van der Waals surface area contributed by atoms with Gasteiger partial charge in [0.25, 0.3) is 0 Å². The van der Waals surface area contributed by atoms with Crippen LogP contribution < -0.4 is 5.46 Å². The molecule has 0 atom stereocenters. The minimum Gasteiger partial charge on any atom is -0.423 e. The second-order valence-electron chi connectivity index (χ2n) is 9.25. The van der Waals surface area contributed by atoms with Crippen molar-refractivity contribution in [2.24, 2.45) is 0 Å². The molecular formula is C32H25BO2. The van der Waals surface area contributed by atoms with Gasteiger partial charge in [0.2, 0.25) is 0 Å². The van der Waals surface area contributed by atoms with Crippen molar-refractivity contribution in [1.29, 1.82) is 0 Å². The highest BCUT2D eigenvalue weighted by Crippen LogP contribution is 2.54. The van der Waals surface area contributed by atoms with Gasteiger partial charge in [-0.15, -0.1) is 0 Å². The second-order valence-corrected chi connectivity index (χ2v) is 9.25. The largest absolute Gasteiger partial charge is 0.488 e. The summed E-state index contributed by atoms with van der Waals surface area (Å²) in [5.41, 5.74) is 10.6. The van der Waals surface area contributed by atoms with E-state index in [0.29, 0.717) is 5.46 Å². The Morgan fingerprint density at radius 3 is 1.34 bits per heavy atom. The Balaban J connectivity index is 1.82. The molecule has 2 nitrogen and oxygen atoms in total. The van der Waals surface area contributed by atoms with Crippen molar-refractivity contribution in [2.45, 2.75) is 12.3 Å². The van der Waals surface area contributed by atoms with E-state index in [-0.39, 0.29) is 0 Å². The Kier molecular flexibility index (Phi) is 5.18. The van der Waals surface area contributed by atoms with Crippen LogP contribution >= 0.6 is 0 Å². The molecule has 2 N–H and O–H groups in total. The molecule has 35 heavy (non-hydrogen) atoms. The molecule has 0 fully saturated rings. The summed E-state index contributed by atoms with van der Waals surface area (Å²) in [5, 5.41) is 19.5. The fraction of sp³-hybridized carbons (Fsp3) is 0.0625. The number of hydrogen-bond donors (Lipinski definition) is 2. The van der Waals surface area contributed by atoms with Crippen LogP contribution in [0.5, 0.6) is 0 Å². The predicted octanol–water partition coefficient (Wildman–Crippen LogP) is 5.70. The molecule has 0 saturated heterocycles. The predicted molar refractivity (Wildman–Crippen MR) is 144 cm³/mol. The third kappa shape index (κ3) is 3.28. The minimum atomic E-state index is -1.50. The summed E-state index contributed by atoms with van der Waals surface area (Å²) >= 11 is 0. The average molecular weight is 452 g/mol. The molecule has 0 unspecified atom stereocenters. The van der Waals surface area contributed by atoms with E-state index in [1.54, 1.807) is 0 Å². The van der Waals surface area contributed by atoms with Crippen LogP contribution in [-0.2, 0) is 5.41 Å². The van der Waals surface area contributed by atoms with Crippen molar-refractivity contribution in [3.8, 4) is 22.3 Å². The molecule has 0 radical (unpaired) electrons. The lowest BCUT2D eigenvalue weighted by molar-refractivity contribution is 0.426. The van der Waals surface area contributed by atoms with Crippen LogP contribution in [0.25, 0.3) is 22.3 Å². The third-order valence-electron chi connectivity index (χ3n) is 7.30. The van der Waals surface area contributed by atoms with Gasteiger partial charge in [0, 0.05) is 0 Å². The average Bonchev–Trinajstić information content (AvgIpc) is 3.01. The van der Waals surface area contributed by atoms with Crippen LogP contribution in [0, 0.1) is 6.92 Å². The van der Waals surface area contributed by atoms with Gasteiger partial charge in [0.05, 0.1) is 5.41 Å². The zero-order chi connectivity index (χ0) is 24.0. The maximum Gasteiger partial charge on any atom is 0.488 e. The van der Waals surface area contributed by atoms with Crippen molar-refractivity contribution in [3.63, 3.8) is 0 Å². The lowest BCUT2D eigenvalue weighted by Gasteiger charge is -2.38. The van der Waals surface area contributed by atoms with Crippen LogP contribution in [0.3, 0.4) is 0 Å². The normalized spacial score (nSPS) is 13.2. The first kappa shape index (κ1) is 21.6. The molecule has 3 heteroatoms. The summed E-state index contributed by atoms with van der Waals surface area (Å²) in [5.74, 6) is 0. The Hall–Kier alpha value is -3.92. The molecule has 6 rings (SSSR count). The van der Waals surface area contributed by atoms with E-state index in [9.17, 15) is 10.0 Å². The highest BCUT2D eigenvalue weighted by Gasteiger charge is 2.43. The number of fused-ring (bicyclic) bond motifs is 5. The topological polar surface area (TPSA) is 40.5 Å². The summed E-state index contributed by atoms with van der Waals surface area (Å²) < 4.78 is 0. The molecule has 1 aliphatic rings. The fourth-order valence-electron chi connectivity index (χ4n) is 5.69. The van der Waals surface area contributed by atoms with Gasteiger partial charge in [-0.2, -0.15) is 0 Å². The van der Waals surface area contributed by atoms with Crippen LogP contribution in [0.4, 0.5) is 0 Å². The maximum absolute atomic E-state index is 9.77. The Morgan fingerprint density at radius 2 is 0.886 bits per heavy atom. The molecule has 0 saturated carbocycles. The van der Waals surface area contributed by atoms with E-state index in [4.69, 9.17) is 0 Å². The first-order chi connectivity index (χ1) is 17.1. The van der Waals surface area contributed by atoms with Gasteiger partial charge in [0.1, 0.15) is 0 Å². The minimum absolute atomic E-state index is 0.478. The number of hydrogen-bond acceptors (Lipinski definition) is 2. The number of aryl methyl sites for hydroxylation is 1. The number of rotatable bonds is 3. The zero-order valence-electron chi connectivity index (χ0n) is 19.5. The Morgan fingerprint density at radius 1 is 0.486 bits per heavy atom. The van der Waals surface area contributed by atoms with Crippen molar-refractivity contribution >= 4 is 12.6 Å². The number of benzene rings is 5. The SMILES string of the molecule is Cc1ccc(C2(c3ccc(B(O)O)cc3)c3ccccc3-c3ccccc3-c3ccccc32)cc1. The molecule has 0 aliphatic heterocycles. The molecule has 0 amide bonds. The van der Waals surface area contributed by atoms with Gasteiger partial charge in [-0.3, -0.25) is 0 Å². The van der Waals surface area contributed by atoms with Gasteiger partial charge in [-0.1, -0.05) is 127 Å². The van der Waals surface area contributed by atoms with E-state index in [2.05, 4.69) is 104 Å². The summed E-state index contributed by atoms with van der Waals surface area (Å²) in [6, 6.07) is 42.5. The third-order valence-corrected chi connectivity index (χ3v) is 7.30. The van der Waals surface area contributed by atoms with Gasteiger partial charge in [-0.05, 0) is 56.9 Å². The molecular weight excluding hydrogens is 427 g/mol. The van der Waals surface area contributed by atoms with E-state index in [0.717, 1.165) is 5.56 Å². The Bertz CT molecular complexity index is 1450. The van der Waals surface area contributed by atoms with E-state index >= 15 is 0 Å². The highest BCUT2D eigenvalue weighted by molar-refractivity contribution is 6.58. The molecule has 0 heterocycles. The first-order valence-corrected chi connectivity index (χ1v) is 11.9. The van der Waals surface area contributed by atoms with Gasteiger partial charge < -0.3 is 10.0 Å². The molecule has 168 valence electrons. The van der Waals surface area contributed by atoms with E-state index < -0.39 is 12.5 Å². The molecule has 0 bridgehead atoms. The summed E-state index contributed by atoms with van der Waals surface area (Å²) in [4.78, 5) is 0. The van der Waals surface area contributed by atoms with Crippen molar-refractivity contribution < 1.29 is 10.0 Å². The summed E-state index contributed by atoms with van der Waals surface area (Å²) in [6.45, 7) is 2.11. The summed E-state index contributed by atoms with van der Waals surface area (Å²) in [6.07, 6.45) is 0. The monoisotopic (exact) mass is 452 g/mol. The van der Waals surface area contributed by atoms with E-state index in [1.807, 2.05) is 24.3 Å². The van der Waals surface area contributed by atoms with Gasteiger partial charge >= 0.3 is 7.12 Å². The Labute approximate surface area is 206 Å². The molecule has 5 aromatic carbocycles. The van der Waals surface area contributed by atoms with Gasteiger partial charge in [0.15, 0.2) is 0 Å². The first-order valence-electron chi connectivity index (χ1n) is 11.9. The fourth-order valence-corrected chi connectivity index (χ4v) is 5.69. The van der Waals surface area contributed by atoms with Crippen LogP contribution in [0.1, 0.15) is 27.8 Å². The zero-order valence-corrected chi connectivity index (χ0v) is 19.5. The summed E-state index contributed by atoms with van der Waals surface area (Å²) in [7, 11) is -1.50. The van der Waals surface area contributed by atoms with Crippen molar-refractivity contribution in [2.75, 3.05) is 0 Å². The maximum atomic E-state index is 9.77. The van der Waals surface area contributed by atoms with Gasteiger partial charge in [-0.25, -0.2) is 0 Å². The van der Waals surface area contributed by atoms with Crippen LogP contribution in [0.15, 0.2) is 121 Å². The molecule has 0 spiro atoms.